The summed E-state index contributed by atoms with van der Waals surface area (Å²) < 4.78 is 6.19. The first kappa shape index (κ1) is 13.0. The van der Waals surface area contributed by atoms with Crippen LogP contribution in [0.15, 0.2) is 21.9 Å². The molecule has 1 saturated heterocycles. The van der Waals surface area contributed by atoms with E-state index in [-0.39, 0.29) is 0 Å². The van der Waals surface area contributed by atoms with Crippen LogP contribution in [0.25, 0.3) is 0 Å². The van der Waals surface area contributed by atoms with E-state index >= 15 is 0 Å². The van der Waals surface area contributed by atoms with E-state index in [9.17, 15) is 19.8 Å². The fraction of sp³-hybridized carbons (Fsp3) is 0.600. The third-order valence-electron chi connectivity index (χ3n) is 3.04. The lowest BCUT2D eigenvalue weighted by molar-refractivity contribution is -0.0987. The van der Waals surface area contributed by atoms with Gasteiger partial charge in [-0.2, -0.15) is 0 Å². The van der Waals surface area contributed by atoms with E-state index in [1.54, 1.807) is 0 Å². The second-order valence-corrected chi connectivity index (χ2v) is 4.40. The number of nitrogens with zero attached hydrogens (tertiary/aromatic N) is 1. The van der Waals surface area contributed by atoms with Crippen molar-refractivity contribution in [2.45, 2.75) is 31.0 Å². The quantitative estimate of drug-likeness (QED) is 0.436. The molecule has 0 radical (unpaired) electrons. The molecular formula is C10H14N2O6. The van der Waals surface area contributed by atoms with Crippen LogP contribution in [0.2, 0.25) is 0 Å². The van der Waals surface area contributed by atoms with Crippen molar-refractivity contribution < 1.29 is 20.1 Å². The van der Waals surface area contributed by atoms with Crippen LogP contribution in [0.5, 0.6) is 0 Å². The number of H-pyrrole nitrogens is 1. The smallest absolute Gasteiger partial charge is 0.330 e. The summed E-state index contributed by atoms with van der Waals surface area (Å²) in [6, 6.07) is 1.10. The van der Waals surface area contributed by atoms with E-state index in [2.05, 4.69) is 0 Å². The van der Waals surface area contributed by atoms with Gasteiger partial charge in [0.2, 0.25) is 0 Å². The Kier molecular flexibility index (Phi) is 3.11. The van der Waals surface area contributed by atoms with E-state index in [0.717, 1.165) is 16.8 Å². The molecule has 1 fully saturated rings. The number of aliphatic hydroxyl groups excluding tert-OH is 2. The molecule has 1 aliphatic heterocycles. The third-order valence-corrected chi connectivity index (χ3v) is 3.04. The van der Waals surface area contributed by atoms with E-state index in [1.165, 1.54) is 6.92 Å². The molecule has 18 heavy (non-hydrogen) atoms. The molecule has 0 unspecified atom stereocenters. The number of ether oxygens (including phenoxy) is 1. The van der Waals surface area contributed by atoms with Crippen molar-refractivity contribution in [2.24, 2.45) is 0 Å². The number of hydrogen-bond donors (Lipinski definition) is 4. The zero-order valence-electron chi connectivity index (χ0n) is 9.61. The summed E-state index contributed by atoms with van der Waals surface area (Å²) in [5.74, 6) is 0. The maximum Gasteiger partial charge on any atom is 0.330 e. The Labute approximate surface area is 101 Å². The third kappa shape index (κ3) is 1.89. The number of nitrogens with one attached hydrogen (secondary N) is 1. The molecule has 2 rings (SSSR count). The Morgan fingerprint density at radius 1 is 1.56 bits per heavy atom. The molecular weight excluding hydrogens is 245 g/mol. The van der Waals surface area contributed by atoms with Crippen LogP contribution in [0.3, 0.4) is 0 Å². The maximum absolute atomic E-state index is 11.6. The predicted molar refractivity (Wildman–Crippen MR) is 58.9 cm³/mol. The van der Waals surface area contributed by atoms with Crippen molar-refractivity contribution in [3.63, 3.8) is 0 Å². The number of hydrogen-bond acceptors (Lipinski definition) is 6. The van der Waals surface area contributed by atoms with Gasteiger partial charge in [0, 0.05) is 12.3 Å². The number of rotatable bonds is 2. The molecule has 0 saturated carbocycles. The van der Waals surface area contributed by atoms with Crippen LogP contribution in [0, 0.1) is 0 Å². The lowest BCUT2D eigenvalue weighted by atomic mass is 10.0. The normalized spacial score (nSPS) is 35.9. The summed E-state index contributed by atoms with van der Waals surface area (Å²) in [4.78, 5) is 24.5. The van der Waals surface area contributed by atoms with Crippen LogP contribution in [0.4, 0.5) is 0 Å². The largest absolute Gasteiger partial charge is 0.394 e. The summed E-state index contributed by atoms with van der Waals surface area (Å²) >= 11 is 0. The Balaban J connectivity index is 2.45. The van der Waals surface area contributed by atoms with Gasteiger partial charge in [-0.25, -0.2) is 4.79 Å². The summed E-state index contributed by atoms with van der Waals surface area (Å²) in [6.45, 7) is 0.793. The van der Waals surface area contributed by atoms with Crippen molar-refractivity contribution in [3.05, 3.63) is 33.1 Å². The van der Waals surface area contributed by atoms with Crippen LogP contribution >= 0.6 is 0 Å². The minimum Gasteiger partial charge on any atom is -0.394 e. The Bertz CT molecular complexity index is 548. The number of aromatic amines is 1. The van der Waals surface area contributed by atoms with E-state index in [4.69, 9.17) is 9.84 Å². The predicted octanol–water partition coefficient (Wildman–Crippen LogP) is -2.46. The van der Waals surface area contributed by atoms with Gasteiger partial charge in [0.15, 0.2) is 6.23 Å². The molecule has 4 atom stereocenters. The molecule has 0 spiro atoms. The fourth-order valence-electron chi connectivity index (χ4n) is 2.00. The van der Waals surface area contributed by atoms with Crippen molar-refractivity contribution >= 4 is 0 Å². The van der Waals surface area contributed by atoms with Gasteiger partial charge in [-0.3, -0.25) is 14.3 Å². The van der Waals surface area contributed by atoms with E-state index in [0.29, 0.717) is 0 Å². The first-order chi connectivity index (χ1) is 8.37. The molecule has 0 aromatic carbocycles. The Morgan fingerprint density at radius 2 is 2.22 bits per heavy atom. The van der Waals surface area contributed by atoms with Gasteiger partial charge in [-0.1, -0.05) is 0 Å². The molecule has 8 nitrogen and oxygen atoms in total. The standard InChI is InChI=1S/C10H14N2O6/c1-10(17)7(15)5(4-13)18-8(10)12-3-2-6(14)11-9(12)16/h2-3,5,7-8,13,15,17H,4H2,1H3,(H,11,14,16)/t5-,7-,8-,10+/m1/s1/i1+1. The monoisotopic (exact) mass is 259 g/mol. The molecule has 4 N–H and O–H groups in total. The zero-order valence-corrected chi connectivity index (χ0v) is 9.61. The van der Waals surface area contributed by atoms with Crippen molar-refractivity contribution in [3.8, 4) is 0 Å². The van der Waals surface area contributed by atoms with Gasteiger partial charge in [0.05, 0.1) is 6.61 Å². The van der Waals surface area contributed by atoms with Gasteiger partial charge in [-0.05, 0) is 6.92 Å². The van der Waals surface area contributed by atoms with Crippen LogP contribution in [-0.2, 0) is 4.74 Å². The molecule has 100 valence electrons. The second-order valence-electron chi connectivity index (χ2n) is 4.40. The van der Waals surface area contributed by atoms with Gasteiger partial charge in [0.25, 0.3) is 5.56 Å². The van der Waals surface area contributed by atoms with Crippen LogP contribution in [-0.4, -0.2) is 49.3 Å². The van der Waals surface area contributed by atoms with E-state index < -0.39 is 41.9 Å². The minimum absolute atomic E-state index is 0.494. The fourth-order valence-corrected chi connectivity index (χ4v) is 2.00. The highest BCUT2D eigenvalue weighted by Gasteiger charge is 2.53. The maximum atomic E-state index is 11.6. The summed E-state index contributed by atoms with van der Waals surface area (Å²) in [5, 5.41) is 28.9. The molecule has 0 amide bonds. The first-order valence-corrected chi connectivity index (χ1v) is 5.36. The molecule has 1 aliphatic rings. The van der Waals surface area contributed by atoms with Gasteiger partial charge in [0.1, 0.15) is 17.8 Å². The van der Waals surface area contributed by atoms with Gasteiger partial charge in [-0.15, -0.1) is 0 Å². The average molecular weight is 259 g/mol. The second kappa shape index (κ2) is 4.32. The summed E-state index contributed by atoms with van der Waals surface area (Å²) in [7, 11) is 0. The highest BCUT2D eigenvalue weighted by atomic mass is 16.6. The topological polar surface area (TPSA) is 125 Å². The van der Waals surface area contributed by atoms with Crippen molar-refractivity contribution in [2.75, 3.05) is 6.61 Å². The van der Waals surface area contributed by atoms with Crippen LogP contribution in [0.1, 0.15) is 13.2 Å². The summed E-state index contributed by atoms with van der Waals surface area (Å²) in [5.41, 5.74) is -3.10. The molecule has 8 heteroatoms. The number of aliphatic hydroxyl groups is 3. The lowest BCUT2D eigenvalue weighted by Gasteiger charge is -2.27. The molecule has 1 aromatic rings. The molecule has 1 aromatic heterocycles. The summed E-state index contributed by atoms with van der Waals surface area (Å²) in [6.07, 6.45) is -2.36. The molecule has 0 bridgehead atoms. The van der Waals surface area contributed by atoms with Crippen LogP contribution < -0.4 is 11.2 Å². The van der Waals surface area contributed by atoms with E-state index in [1.807, 2.05) is 4.98 Å². The minimum atomic E-state index is -1.75. The molecule has 2 heterocycles. The SMILES string of the molecule is [13CH3][C@]1(O)[C@H](O)[C@@H](CO)O[C@H]1n1ccc(=O)[nH]c1=O. The van der Waals surface area contributed by atoms with Gasteiger partial charge >= 0.3 is 5.69 Å². The highest BCUT2D eigenvalue weighted by molar-refractivity contribution is 5.00. The Morgan fingerprint density at radius 3 is 2.72 bits per heavy atom. The first-order valence-electron chi connectivity index (χ1n) is 5.36. The Hall–Kier alpha value is -1.48. The molecule has 0 aliphatic carbocycles. The highest BCUT2D eigenvalue weighted by Crippen LogP contribution is 2.36. The number of aromatic nitrogens is 2. The van der Waals surface area contributed by atoms with Gasteiger partial charge < -0.3 is 20.1 Å². The van der Waals surface area contributed by atoms with Crippen molar-refractivity contribution in [1.29, 1.82) is 0 Å². The average Bonchev–Trinajstić information content (AvgIpc) is 2.52. The van der Waals surface area contributed by atoms with Crippen molar-refractivity contribution in [1.82, 2.24) is 9.55 Å². The lowest BCUT2D eigenvalue weighted by Crippen LogP contribution is -2.46. The zero-order chi connectivity index (χ0) is 13.5.